The predicted octanol–water partition coefficient (Wildman–Crippen LogP) is 2.18. The van der Waals surface area contributed by atoms with Crippen LogP contribution < -0.4 is 4.74 Å². The second-order valence-corrected chi connectivity index (χ2v) is 3.65. The maximum absolute atomic E-state index is 12.4. The monoisotopic (exact) mass is 196 g/mol. The molecule has 14 heavy (non-hydrogen) atoms. The molecular formula is C10H13FN2O. The highest BCUT2D eigenvalue weighted by atomic mass is 19.1. The average Bonchev–Trinajstić information content (AvgIpc) is 2.70. The fourth-order valence-electron chi connectivity index (χ4n) is 1.74. The van der Waals surface area contributed by atoms with Gasteiger partial charge in [0.15, 0.2) is 5.82 Å². The van der Waals surface area contributed by atoms with E-state index in [2.05, 4.69) is 9.97 Å². The smallest absolute Gasteiger partial charge is 0.316 e. The van der Waals surface area contributed by atoms with E-state index in [1.54, 1.807) is 0 Å². The first-order chi connectivity index (χ1) is 6.84. The lowest BCUT2D eigenvalue weighted by molar-refractivity contribution is 0.233. The maximum Gasteiger partial charge on any atom is 0.316 e. The van der Waals surface area contributed by atoms with Gasteiger partial charge in [-0.15, -0.1) is 0 Å². The molecule has 1 heterocycles. The Morgan fingerprint density at radius 1 is 1.29 bits per heavy atom. The Kier molecular flexibility index (Phi) is 2.91. The van der Waals surface area contributed by atoms with Crippen LogP contribution >= 0.6 is 0 Å². The van der Waals surface area contributed by atoms with E-state index in [0.29, 0.717) is 12.5 Å². The van der Waals surface area contributed by atoms with E-state index >= 15 is 0 Å². The van der Waals surface area contributed by atoms with Gasteiger partial charge in [0, 0.05) is 0 Å². The molecule has 1 aliphatic rings. The largest absolute Gasteiger partial charge is 0.463 e. The lowest BCUT2D eigenvalue weighted by atomic mass is 10.1. The molecule has 0 saturated heterocycles. The van der Waals surface area contributed by atoms with Crippen molar-refractivity contribution in [1.82, 2.24) is 9.97 Å². The van der Waals surface area contributed by atoms with Crippen molar-refractivity contribution in [3.63, 3.8) is 0 Å². The minimum Gasteiger partial charge on any atom is -0.463 e. The molecule has 0 atom stereocenters. The zero-order chi connectivity index (χ0) is 9.80. The minimum absolute atomic E-state index is 0.276. The summed E-state index contributed by atoms with van der Waals surface area (Å²) in [5, 5.41) is 0. The summed E-state index contributed by atoms with van der Waals surface area (Å²) in [5.41, 5.74) is 0. The van der Waals surface area contributed by atoms with Gasteiger partial charge in [0.25, 0.3) is 0 Å². The van der Waals surface area contributed by atoms with E-state index in [1.165, 1.54) is 25.7 Å². The van der Waals surface area contributed by atoms with E-state index in [1.807, 2.05) is 0 Å². The summed E-state index contributed by atoms with van der Waals surface area (Å²) in [6.07, 6.45) is 7.27. The van der Waals surface area contributed by atoms with E-state index in [9.17, 15) is 4.39 Å². The van der Waals surface area contributed by atoms with Crippen LogP contribution in [0.1, 0.15) is 25.7 Å². The molecule has 1 aliphatic carbocycles. The lowest BCUT2D eigenvalue weighted by Gasteiger charge is -2.08. The number of halogens is 1. The Morgan fingerprint density at radius 3 is 2.57 bits per heavy atom. The van der Waals surface area contributed by atoms with Gasteiger partial charge in [-0.1, -0.05) is 12.8 Å². The molecule has 1 aromatic heterocycles. The highest BCUT2D eigenvalue weighted by Crippen LogP contribution is 2.24. The van der Waals surface area contributed by atoms with Gasteiger partial charge in [0.05, 0.1) is 19.0 Å². The molecule has 0 spiro atoms. The molecule has 0 aliphatic heterocycles. The molecule has 0 N–H and O–H groups in total. The topological polar surface area (TPSA) is 35.0 Å². The van der Waals surface area contributed by atoms with Gasteiger partial charge in [0.2, 0.25) is 0 Å². The first kappa shape index (κ1) is 9.37. The van der Waals surface area contributed by atoms with E-state index in [4.69, 9.17) is 4.74 Å². The second-order valence-electron chi connectivity index (χ2n) is 3.65. The van der Waals surface area contributed by atoms with Crippen molar-refractivity contribution in [3.05, 3.63) is 18.2 Å². The normalized spacial score (nSPS) is 17.2. The zero-order valence-electron chi connectivity index (χ0n) is 7.95. The second kappa shape index (κ2) is 4.35. The molecular weight excluding hydrogens is 183 g/mol. The predicted molar refractivity (Wildman–Crippen MR) is 49.4 cm³/mol. The first-order valence-electron chi connectivity index (χ1n) is 4.95. The molecule has 0 radical (unpaired) electrons. The number of rotatable bonds is 3. The SMILES string of the molecule is Fc1cnc(OCC2CCCC2)nc1. The van der Waals surface area contributed by atoms with Crippen molar-refractivity contribution >= 4 is 0 Å². The van der Waals surface area contributed by atoms with Gasteiger partial charge in [-0.3, -0.25) is 0 Å². The lowest BCUT2D eigenvalue weighted by Crippen LogP contribution is -2.09. The summed E-state index contributed by atoms with van der Waals surface area (Å²) in [5.74, 6) is 0.196. The summed E-state index contributed by atoms with van der Waals surface area (Å²) in [6, 6.07) is 0.276. The van der Waals surface area contributed by atoms with Gasteiger partial charge in [-0.25, -0.2) is 14.4 Å². The van der Waals surface area contributed by atoms with Gasteiger partial charge in [0.1, 0.15) is 0 Å². The van der Waals surface area contributed by atoms with Crippen LogP contribution in [0.4, 0.5) is 4.39 Å². The quantitative estimate of drug-likeness (QED) is 0.743. The number of hydrogen-bond donors (Lipinski definition) is 0. The first-order valence-corrected chi connectivity index (χ1v) is 4.95. The third kappa shape index (κ3) is 2.40. The van der Waals surface area contributed by atoms with Crippen LogP contribution in [-0.2, 0) is 0 Å². The van der Waals surface area contributed by atoms with Crippen LogP contribution in [0.3, 0.4) is 0 Å². The highest BCUT2D eigenvalue weighted by molar-refractivity contribution is 4.95. The van der Waals surface area contributed by atoms with Crippen LogP contribution in [0.25, 0.3) is 0 Å². The molecule has 0 bridgehead atoms. The van der Waals surface area contributed by atoms with Gasteiger partial charge >= 0.3 is 6.01 Å². The minimum atomic E-state index is -0.432. The molecule has 0 aromatic carbocycles. The molecule has 1 saturated carbocycles. The highest BCUT2D eigenvalue weighted by Gasteiger charge is 2.15. The number of ether oxygens (including phenoxy) is 1. The van der Waals surface area contributed by atoms with Crippen LogP contribution in [0.5, 0.6) is 6.01 Å². The number of hydrogen-bond acceptors (Lipinski definition) is 3. The van der Waals surface area contributed by atoms with E-state index in [-0.39, 0.29) is 6.01 Å². The fraction of sp³-hybridized carbons (Fsp3) is 0.600. The Hall–Kier alpha value is -1.19. The maximum atomic E-state index is 12.4. The Bertz CT molecular complexity index is 283. The molecule has 76 valence electrons. The summed E-state index contributed by atoms with van der Waals surface area (Å²) in [4.78, 5) is 7.46. The van der Waals surface area contributed by atoms with E-state index < -0.39 is 5.82 Å². The van der Waals surface area contributed by atoms with Crippen LogP contribution in [0.15, 0.2) is 12.4 Å². The van der Waals surface area contributed by atoms with Crippen molar-refractivity contribution in [2.24, 2.45) is 5.92 Å². The van der Waals surface area contributed by atoms with Crippen LogP contribution in [0, 0.1) is 11.7 Å². The van der Waals surface area contributed by atoms with E-state index in [0.717, 1.165) is 12.4 Å². The molecule has 1 aromatic rings. The van der Waals surface area contributed by atoms with Gasteiger partial charge < -0.3 is 4.74 Å². The van der Waals surface area contributed by atoms with Crippen molar-refractivity contribution in [1.29, 1.82) is 0 Å². The third-order valence-corrected chi connectivity index (χ3v) is 2.52. The Labute approximate surface area is 82.3 Å². The fourth-order valence-corrected chi connectivity index (χ4v) is 1.74. The van der Waals surface area contributed by atoms with Crippen LogP contribution in [-0.4, -0.2) is 16.6 Å². The van der Waals surface area contributed by atoms with Gasteiger partial charge in [-0.05, 0) is 18.8 Å². The summed E-state index contributed by atoms with van der Waals surface area (Å²) < 4.78 is 17.8. The van der Waals surface area contributed by atoms with Crippen molar-refractivity contribution in [3.8, 4) is 6.01 Å². The summed E-state index contributed by atoms with van der Waals surface area (Å²) in [7, 11) is 0. The van der Waals surface area contributed by atoms with Crippen molar-refractivity contribution in [2.75, 3.05) is 6.61 Å². The standard InChI is InChI=1S/C10H13FN2O/c11-9-5-12-10(13-6-9)14-7-8-3-1-2-4-8/h5-6,8H,1-4,7H2. The van der Waals surface area contributed by atoms with Crippen LogP contribution in [0.2, 0.25) is 0 Å². The molecule has 2 rings (SSSR count). The molecule has 0 amide bonds. The average molecular weight is 196 g/mol. The molecule has 1 fully saturated rings. The van der Waals surface area contributed by atoms with Gasteiger partial charge in [-0.2, -0.15) is 0 Å². The molecule has 3 nitrogen and oxygen atoms in total. The molecule has 4 heteroatoms. The molecule has 0 unspecified atom stereocenters. The summed E-state index contributed by atoms with van der Waals surface area (Å²) >= 11 is 0. The van der Waals surface area contributed by atoms with Crippen molar-refractivity contribution < 1.29 is 9.13 Å². The number of nitrogens with zero attached hydrogens (tertiary/aromatic N) is 2. The Balaban J connectivity index is 1.82. The summed E-state index contributed by atoms with van der Waals surface area (Å²) in [6.45, 7) is 0.658. The number of aromatic nitrogens is 2. The zero-order valence-corrected chi connectivity index (χ0v) is 7.95. The van der Waals surface area contributed by atoms with Crippen molar-refractivity contribution in [2.45, 2.75) is 25.7 Å². The Morgan fingerprint density at radius 2 is 1.93 bits per heavy atom. The third-order valence-electron chi connectivity index (χ3n) is 2.52.